The predicted octanol–water partition coefficient (Wildman–Crippen LogP) is 3.35. The molecule has 1 aromatic carbocycles. The van der Waals surface area contributed by atoms with E-state index in [-0.39, 0.29) is 5.91 Å². The fourth-order valence-corrected chi connectivity index (χ4v) is 3.55. The van der Waals surface area contributed by atoms with Gasteiger partial charge in [0.1, 0.15) is 5.82 Å². The number of carbonyl (C=O) groups is 1. The normalized spacial score (nSPS) is 13.1. The fraction of sp³-hybridized carbons (Fsp3) is 0.261. The first kappa shape index (κ1) is 18.2. The van der Waals surface area contributed by atoms with Crippen LogP contribution in [0.2, 0.25) is 0 Å². The number of fused-ring (bicyclic) bond motifs is 1. The van der Waals surface area contributed by atoms with E-state index in [1.54, 1.807) is 6.20 Å². The molecule has 1 aliphatic rings. The maximum atomic E-state index is 12.9. The average molecular weight is 372 g/mol. The molecule has 0 aliphatic carbocycles. The van der Waals surface area contributed by atoms with Crippen molar-refractivity contribution in [1.29, 1.82) is 0 Å². The fourth-order valence-electron chi connectivity index (χ4n) is 3.55. The number of aromatic nitrogens is 2. The maximum Gasteiger partial charge on any atom is 0.255 e. The summed E-state index contributed by atoms with van der Waals surface area (Å²) in [6.07, 6.45) is 7.15. The Balaban J connectivity index is 1.38. The second-order valence-corrected chi connectivity index (χ2v) is 7.18. The highest BCUT2D eigenvalue weighted by Crippen LogP contribution is 2.20. The van der Waals surface area contributed by atoms with Gasteiger partial charge in [0.15, 0.2) is 0 Å². The summed E-state index contributed by atoms with van der Waals surface area (Å²) in [7, 11) is 2.02. The molecule has 0 fully saturated rings. The van der Waals surface area contributed by atoms with Crippen molar-refractivity contribution < 1.29 is 4.79 Å². The van der Waals surface area contributed by atoms with Gasteiger partial charge in [0, 0.05) is 45.3 Å². The third-order valence-corrected chi connectivity index (χ3v) is 5.29. The highest BCUT2D eigenvalue weighted by atomic mass is 16.2. The second kappa shape index (κ2) is 8.21. The molecule has 4 rings (SSSR count). The monoisotopic (exact) mass is 372 g/mol. The van der Waals surface area contributed by atoms with Crippen LogP contribution in [0, 0.1) is 0 Å². The first-order valence-electron chi connectivity index (χ1n) is 9.63. The van der Waals surface area contributed by atoms with Crippen molar-refractivity contribution >= 4 is 11.7 Å². The van der Waals surface area contributed by atoms with Crippen LogP contribution in [0.25, 0.3) is 0 Å². The Kier molecular flexibility index (Phi) is 5.33. The molecular weight excluding hydrogens is 348 g/mol. The van der Waals surface area contributed by atoms with Crippen LogP contribution in [-0.4, -0.2) is 40.9 Å². The van der Waals surface area contributed by atoms with Crippen molar-refractivity contribution in [2.75, 3.05) is 25.0 Å². The highest BCUT2D eigenvalue weighted by molar-refractivity contribution is 5.94. The van der Waals surface area contributed by atoms with E-state index in [4.69, 9.17) is 0 Å². The van der Waals surface area contributed by atoms with Crippen molar-refractivity contribution in [3.8, 4) is 0 Å². The molecule has 5 nitrogen and oxygen atoms in total. The lowest BCUT2D eigenvalue weighted by molar-refractivity contribution is 0.0734. The number of rotatable bonds is 5. The molecule has 0 saturated carbocycles. The molecule has 28 heavy (non-hydrogen) atoms. The van der Waals surface area contributed by atoms with Crippen molar-refractivity contribution in [1.82, 2.24) is 14.9 Å². The van der Waals surface area contributed by atoms with Crippen molar-refractivity contribution in [2.45, 2.75) is 19.4 Å². The average Bonchev–Trinajstić information content (AvgIpc) is 2.77. The summed E-state index contributed by atoms with van der Waals surface area (Å²) in [6.45, 7) is 2.28. The summed E-state index contributed by atoms with van der Waals surface area (Å²) >= 11 is 0. The smallest absolute Gasteiger partial charge is 0.255 e. The molecule has 0 saturated heterocycles. The van der Waals surface area contributed by atoms with Crippen LogP contribution >= 0.6 is 0 Å². The molecular formula is C23H24N4O. The molecule has 0 spiro atoms. The minimum Gasteiger partial charge on any atom is -0.359 e. The molecule has 0 atom stereocenters. The van der Waals surface area contributed by atoms with Crippen LogP contribution in [0.1, 0.15) is 27.0 Å². The molecule has 3 aromatic rings. The van der Waals surface area contributed by atoms with Crippen LogP contribution in [-0.2, 0) is 19.4 Å². The van der Waals surface area contributed by atoms with E-state index in [1.165, 1.54) is 16.7 Å². The topological polar surface area (TPSA) is 49.3 Å². The van der Waals surface area contributed by atoms with Gasteiger partial charge in [-0.15, -0.1) is 0 Å². The molecule has 0 N–H and O–H groups in total. The zero-order valence-corrected chi connectivity index (χ0v) is 16.1. The summed E-state index contributed by atoms with van der Waals surface area (Å²) in [5, 5.41) is 0. The summed E-state index contributed by atoms with van der Waals surface area (Å²) in [5.74, 6) is 0.919. The highest BCUT2D eigenvalue weighted by Gasteiger charge is 2.21. The lowest BCUT2D eigenvalue weighted by Gasteiger charge is -2.29. The lowest BCUT2D eigenvalue weighted by atomic mass is 9.99. The zero-order valence-electron chi connectivity index (χ0n) is 16.1. The minimum absolute atomic E-state index is 0.0491. The van der Waals surface area contributed by atoms with E-state index in [1.807, 2.05) is 54.7 Å². The van der Waals surface area contributed by atoms with Gasteiger partial charge in [-0.2, -0.15) is 0 Å². The Labute approximate surface area is 165 Å². The number of likely N-dealkylation sites (N-methyl/N-ethyl adjacent to an activating group) is 1. The summed E-state index contributed by atoms with van der Waals surface area (Å²) < 4.78 is 0. The summed E-state index contributed by atoms with van der Waals surface area (Å²) in [4.78, 5) is 25.4. The van der Waals surface area contributed by atoms with E-state index in [9.17, 15) is 4.79 Å². The number of carbonyl (C=O) groups excluding carboxylic acids is 1. The van der Waals surface area contributed by atoms with E-state index in [2.05, 4.69) is 33.1 Å². The van der Waals surface area contributed by atoms with E-state index in [0.29, 0.717) is 12.1 Å². The number of amides is 1. The summed E-state index contributed by atoms with van der Waals surface area (Å²) in [6, 6.07) is 16.2. The third-order valence-electron chi connectivity index (χ3n) is 5.29. The Bertz CT molecular complexity index is 940. The van der Waals surface area contributed by atoms with Gasteiger partial charge < -0.3 is 9.80 Å². The molecule has 0 unspecified atom stereocenters. The third kappa shape index (κ3) is 4.03. The maximum absolute atomic E-state index is 12.9. The van der Waals surface area contributed by atoms with E-state index in [0.717, 1.165) is 31.7 Å². The first-order chi connectivity index (χ1) is 13.7. The van der Waals surface area contributed by atoms with E-state index < -0.39 is 0 Å². The first-order valence-corrected chi connectivity index (χ1v) is 9.63. The number of hydrogen-bond acceptors (Lipinski definition) is 4. The number of benzene rings is 1. The quantitative estimate of drug-likeness (QED) is 0.689. The number of hydrogen-bond donors (Lipinski definition) is 0. The van der Waals surface area contributed by atoms with Gasteiger partial charge in [0.25, 0.3) is 5.91 Å². The largest absolute Gasteiger partial charge is 0.359 e. The van der Waals surface area contributed by atoms with Crippen molar-refractivity contribution in [3.63, 3.8) is 0 Å². The molecule has 5 heteroatoms. The standard InChI is InChI=1S/C23H24N4O/c1-26(14-10-18-8-12-24-13-9-18)22-7-6-20(16-25-22)23(28)27-15-11-19-4-2-3-5-21(19)17-27/h2-9,12-13,16H,10-11,14-15,17H2,1H3. The number of pyridine rings is 2. The Morgan fingerprint density at radius 2 is 1.86 bits per heavy atom. The Morgan fingerprint density at radius 3 is 2.61 bits per heavy atom. The number of nitrogens with zero attached hydrogens (tertiary/aromatic N) is 4. The van der Waals surface area contributed by atoms with Crippen LogP contribution in [0.3, 0.4) is 0 Å². The van der Waals surface area contributed by atoms with Crippen LogP contribution in [0.5, 0.6) is 0 Å². The van der Waals surface area contributed by atoms with Crippen LogP contribution < -0.4 is 4.90 Å². The molecule has 1 aliphatic heterocycles. The molecule has 3 heterocycles. The van der Waals surface area contributed by atoms with Gasteiger partial charge in [0.2, 0.25) is 0 Å². The van der Waals surface area contributed by atoms with Crippen LogP contribution in [0.4, 0.5) is 5.82 Å². The Morgan fingerprint density at radius 1 is 1.07 bits per heavy atom. The van der Waals surface area contributed by atoms with Crippen molar-refractivity contribution in [3.05, 3.63) is 89.4 Å². The lowest BCUT2D eigenvalue weighted by Crippen LogP contribution is -2.36. The van der Waals surface area contributed by atoms with Gasteiger partial charge in [-0.3, -0.25) is 9.78 Å². The second-order valence-electron chi connectivity index (χ2n) is 7.18. The minimum atomic E-state index is 0.0491. The molecule has 2 aromatic heterocycles. The Hall–Kier alpha value is -3.21. The molecule has 0 bridgehead atoms. The van der Waals surface area contributed by atoms with Gasteiger partial charge in [-0.25, -0.2) is 4.98 Å². The molecule has 0 radical (unpaired) electrons. The van der Waals surface area contributed by atoms with Gasteiger partial charge in [0.05, 0.1) is 5.56 Å². The molecule has 142 valence electrons. The van der Waals surface area contributed by atoms with E-state index >= 15 is 0 Å². The van der Waals surface area contributed by atoms with Gasteiger partial charge in [-0.05, 0) is 53.8 Å². The predicted molar refractivity (Wildman–Crippen MR) is 110 cm³/mol. The van der Waals surface area contributed by atoms with Gasteiger partial charge >= 0.3 is 0 Å². The zero-order chi connectivity index (χ0) is 19.3. The van der Waals surface area contributed by atoms with Crippen molar-refractivity contribution in [2.24, 2.45) is 0 Å². The SMILES string of the molecule is CN(CCc1ccncc1)c1ccc(C(=O)N2CCc3ccccc3C2)cn1. The number of anilines is 1. The molecule has 1 amide bonds. The van der Waals surface area contributed by atoms with Crippen LogP contribution in [0.15, 0.2) is 67.1 Å². The summed E-state index contributed by atoms with van der Waals surface area (Å²) in [5.41, 5.74) is 4.48. The van der Waals surface area contributed by atoms with Gasteiger partial charge in [-0.1, -0.05) is 24.3 Å².